The highest BCUT2D eigenvalue weighted by Gasteiger charge is 2.28. The van der Waals surface area contributed by atoms with Crippen molar-refractivity contribution in [1.29, 1.82) is 0 Å². The molecule has 0 aliphatic heterocycles. The lowest BCUT2D eigenvalue weighted by Gasteiger charge is -2.26. The molecular weight excluding hydrogens is 288 g/mol. The average Bonchev–Trinajstić information content (AvgIpc) is 2.06. The summed E-state index contributed by atoms with van der Waals surface area (Å²) < 4.78 is 47.7. The van der Waals surface area contributed by atoms with E-state index >= 15 is 0 Å². The predicted octanol–water partition coefficient (Wildman–Crippen LogP) is 0.117. The van der Waals surface area contributed by atoms with Crippen molar-refractivity contribution < 1.29 is 16.8 Å². The van der Waals surface area contributed by atoms with Gasteiger partial charge in [0.05, 0.1) is 16.8 Å². The Bertz CT molecular complexity index is 487. The van der Waals surface area contributed by atoms with Crippen molar-refractivity contribution in [3.05, 3.63) is 0 Å². The van der Waals surface area contributed by atoms with Crippen molar-refractivity contribution in [3.8, 4) is 0 Å². The summed E-state index contributed by atoms with van der Waals surface area (Å²) in [5, 5.41) is 2.97. The first-order valence-corrected chi connectivity index (χ1v) is 9.63. The van der Waals surface area contributed by atoms with Crippen LogP contribution in [0.3, 0.4) is 0 Å². The molecule has 0 aliphatic carbocycles. The van der Waals surface area contributed by atoms with Gasteiger partial charge in [-0.1, -0.05) is 0 Å². The highest BCUT2D eigenvalue weighted by atomic mass is 32.2. The van der Waals surface area contributed by atoms with Crippen molar-refractivity contribution in [1.82, 2.24) is 10.0 Å². The summed E-state index contributed by atoms with van der Waals surface area (Å²) in [6, 6.07) is 0. The van der Waals surface area contributed by atoms with Crippen LogP contribution in [0.4, 0.5) is 0 Å². The van der Waals surface area contributed by atoms with Crippen LogP contribution < -0.4 is 10.0 Å². The molecule has 2 N–H and O–H groups in total. The van der Waals surface area contributed by atoms with E-state index in [1.54, 1.807) is 34.6 Å². The second-order valence-electron chi connectivity index (χ2n) is 6.37. The Morgan fingerprint density at radius 2 is 1.42 bits per heavy atom. The smallest absolute Gasteiger partial charge is 0.209 e. The SMILES string of the molecule is CC(C)(CNCCS(=O)(=O)C(C)(C)C)NS(C)(=O)=O. The summed E-state index contributed by atoms with van der Waals surface area (Å²) in [5.74, 6) is 0.0332. The normalized spacial score (nSPS) is 14.6. The molecule has 0 fully saturated rings. The van der Waals surface area contributed by atoms with Crippen molar-refractivity contribution in [3.63, 3.8) is 0 Å². The maximum absolute atomic E-state index is 11.9. The first kappa shape index (κ1) is 18.8. The van der Waals surface area contributed by atoms with Gasteiger partial charge in [0.2, 0.25) is 10.0 Å². The first-order valence-electron chi connectivity index (χ1n) is 6.08. The zero-order valence-electron chi connectivity index (χ0n) is 12.6. The summed E-state index contributed by atoms with van der Waals surface area (Å²) in [5.41, 5.74) is -0.654. The molecular formula is C11H26N2O4S2. The van der Waals surface area contributed by atoms with Crippen molar-refractivity contribution in [2.24, 2.45) is 0 Å². The van der Waals surface area contributed by atoms with Gasteiger partial charge in [0.15, 0.2) is 9.84 Å². The van der Waals surface area contributed by atoms with Gasteiger partial charge in [-0.25, -0.2) is 21.6 Å². The second-order valence-corrected chi connectivity index (χ2v) is 11.0. The Balaban J connectivity index is 4.27. The van der Waals surface area contributed by atoms with E-state index < -0.39 is 30.1 Å². The number of rotatable bonds is 7. The summed E-state index contributed by atoms with van der Waals surface area (Å²) in [6.45, 7) is 9.12. The van der Waals surface area contributed by atoms with E-state index in [0.29, 0.717) is 13.1 Å². The van der Waals surface area contributed by atoms with Gasteiger partial charge in [-0.3, -0.25) is 0 Å². The summed E-state index contributed by atoms with van der Waals surface area (Å²) in [7, 11) is -6.43. The zero-order valence-corrected chi connectivity index (χ0v) is 14.2. The summed E-state index contributed by atoms with van der Waals surface area (Å²) >= 11 is 0. The number of hydrogen-bond acceptors (Lipinski definition) is 5. The molecule has 0 saturated carbocycles. The van der Waals surface area contributed by atoms with Crippen LogP contribution in [0, 0.1) is 0 Å². The van der Waals surface area contributed by atoms with E-state index in [4.69, 9.17) is 0 Å². The Kier molecular flexibility index (Phi) is 6.01. The Morgan fingerprint density at radius 1 is 0.947 bits per heavy atom. The lowest BCUT2D eigenvalue weighted by atomic mass is 10.1. The lowest BCUT2D eigenvalue weighted by molar-refractivity contribution is 0.426. The van der Waals surface area contributed by atoms with Gasteiger partial charge in [-0.2, -0.15) is 0 Å². The molecule has 0 radical (unpaired) electrons. The maximum atomic E-state index is 11.9. The molecule has 0 bridgehead atoms. The van der Waals surface area contributed by atoms with Crippen LogP contribution in [0.2, 0.25) is 0 Å². The van der Waals surface area contributed by atoms with Crippen molar-refractivity contribution in [2.45, 2.75) is 44.9 Å². The molecule has 0 aromatic heterocycles. The lowest BCUT2D eigenvalue weighted by Crippen LogP contribution is -2.50. The molecule has 0 unspecified atom stereocenters. The fourth-order valence-corrected chi connectivity index (χ4v) is 3.55. The van der Waals surface area contributed by atoms with Crippen LogP contribution in [-0.2, 0) is 19.9 Å². The van der Waals surface area contributed by atoms with Gasteiger partial charge in [-0.15, -0.1) is 0 Å². The Labute approximate surface area is 117 Å². The van der Waals surface area contributed by atoms with Gasteiger partial charge in [0.25, 0.3) is 0 Å². The first-order chi connectivity index (χ1) is 8.16. The van der Waals surface area contributed by atoms with Crippen LogP contribution >= 0.6 is 0 Å². The zero-order chi connectivity index (χ0) is 15.5. The van der Waals surface area contributed by atoms with Gasteiger partial charge < -0.3 is 5.32 Å². The topological polar surface area (TPSA) is 92.3 Å². The molecule has 0 rings (SSSR count). The molecule has 0 amide bonds. The molecule has 0 aromatic carbocycles. The van der Waals surface area contributed by atoms with Gasteiger partial charge in [0.1, 0.15) is 0 Å². The second kappa shape index (κ2) is 6.07. The standard InChI is InChI=1S/C11H26N2O4S2/c1-10(2,3)19(16,17)8-7-12-9-11(4,5)13-18(6,14)15/h12-13H,7-9H2,1-6H3. The molecule has 0 heterocycles. The minimum atomic E-state index is -3.28. The fourth-order valence-electron chi connectivity index (χ4n) is 1.45. The van der Waals surface area contributed by atoms with Crippen LogP contribution in [0.25, 0.3) is 0 Å². The van der Waals surface area contributed by atoms with Crippen molar-refractivity contribution in [2.75, 3.05) is 25.1 Å². The number of sulfone groups is 1. The minimum Gasteiger partial charge on any atom is -0.314 e. The van der Waals surface area contributed by atoms with Gasteiger partial charge in [0, 0.05) is 18.6 Å². The minimum absolute atomic E-state index is 0.0332. The van der Waals surface area contributed by atoms with Crippen molar-refractivity contribution >= 4 is 19.9 Å². The molecule has 0 aromatic rings. The molecule has 0 saturated heterocycles. The third-order valence-electron chi connectivity index (χ3n) is 2.51. The molecule has 0 atom stereocenters. The quantitative estimate of drug-likeness (QED) is 0.651. The molecule has 0 spiro atoms. The van der Waals surface area contributed by atoms with Gasteiger partial charge in [-0.05, 0) is 34.6 Å². The van der Waals surface area contributed by atoms with Crippen LogP contribution in [0.1, 0.15) is 34.6 Å². The van der Waals surface area contributed by atoms with Crippen LogP contribution in [-0.4, -0.2) is 52.2 Å². The van der Waals surface area contributed by atoms with Crippen LogP contribution in [0.5, 0.6) is 0 Å². The molecule has 116 valence electrons. The Morgan fingerprint density at radius 3 is 1.79 bits per heavy atom. The highest BCUT2D eigenvalue weighted by Crippen LogP contribution is 2.15. The fraction of sp³-hybridized carbons (Fsp3) is 1.00. The molecule has 6 nitrogen and oxygen atoms in total. The van der Waals surface area contributed by atoms with E-state index in [1.807, 2.05) is 0 Å². The largest absolute Gasteiger partial charge is 0.314 e. The molecule has 0 aliphatic rings. The van der Waals surface area contributed by atoms with E-state index in [1.165, 1.54) is 0 Å². The van der Waals surface area contributed by atoms with E-state index in [-0.39, 0.29) is 5.75 Å². The summed E-state index contributed by atoms with van der Waals surface area (Å²) in [6.07, 6.45) is 1.10. The number of sulfonamides is 1. The summed E-state index contributed by atoms with van der Waals surface area (Å²) in [4.78, 5) is 0. The van der Waals surface area contributed by atoms with E-state index in [9.17, 15) is 16.8 Å². The number of hydrogen-bond donors (Lipinski definition) is 2. The maximum Gasteiger partial charge on any atom is 0.209 e. The predicted molar refractivity (Wildman–Crippen MR) is 78.5 cm³/mol. The average molecular weight is 314 g/mol. The highest BCUT2D eigenvalue weighted by molar-refractivity contribution is 7.92. The van der Waals surface area contributed by atoms with Gasteiger partial charge >= 0.3 is 0 Å². The Hall–Kier alpha value is -0.180. The van der Waals surface area contributed by atoms with E-state index in [2.05, 4.69) is 10.0 Å². The third-order valence-corrected chi connectivity index (χ3v) is 6.04. The molecule has 19 heavy (non-hydrogen) atoms. The van der Waals surface area contributed by atoms with Crippen LogP contribution in [0.15, 0.2) is 0 Å². The molecule has 8 heteroatoms. The van der Waals surface area contributed by atoms with E-state index in [0.717, 1.165) is 6.26 Å². The number of nitrogens with one attached hydrogen (secondary N) is 2. The monoisotopic (exact) mass is 314 g/mol. The third kappa shape index (κ3) is 7.86.